The Kier molecular flexibility index (Phi) is 22.3. The number of nitrogens with one attached hydrogen (secondary N) is 1. The molecular formula is C46H69NO12. The number of esters is 1. The summed E-state index contributed by atoms with van der Waals surface area (Å²) in [7, 11) is 0. The molecule has 0 bridgehead atoms. The first-order valence-corrected chi connectivity index (χ1v) is 20.4. The van der Waals surface area contributed by atoms with Crippen molar-refractivity contribution >= 4 is 29.2 Å². The molecule has 2 rings (SSSR count). The standard InChI is InChI=1S/C46H69NO12/c1-43(2,3)38(48)19-22-56-32-46(33-57-23-20-39(49)44(4,5)6,34-58-24-21-40(50)45(7,8)9)47-41(51)30-54-27-25-53-26-28-55-31-42(52)59-29-35-15-17-37(18-16-35)36-13-11-10-12-14-36/h10-18H,19-34H2,1-9H3,(H,47,51). The molecule has 2 aromatic rings. The first kappa shape index (κ1) is 51.3. The molecule has 0 fully saturated rings. The van der Waals surface area contributed by atoms with Gasteiger partial charge in [0.2, 0.25) is 5.91 Å². The number of rotatable bonds is 29. The normalized spacial score (nSPS) is 12.3. The van der Waals surface area contributed by atoms with Crippen LogP contribution in [-0.2, 0) is 63.7 Å². The monoisotopic (exact) mass is 827 g/mol. The van der Waals surface area contributed by atoms with Gasteiger partial charge in [0, 0.05) is 35.5 Å². The van der Waals surface area contributed by atoms with E-state index in [4.69, 9.17) is 33.2 Å². The third-order valence-corrected chi connectivity index (χ3v) is 9.13. The topological polar surface area (TPSA) is 162 Å². The predicted octanol–water partition coefficient (Wildman–Crippen LogP) is 6.37. The molecule has 13 nitrogen and oxygen atoms in total. The summed E-state index contributed by atoms with van der Waals surface area (Å²) in [4.78, 5) is 63.0. The number of carbonyl (C=O) groups is 5. The van der Waals surface area contributed by atoms with Gasteiger partial charge < -0.3 is 38.5 Å². The fraction of sp³-hybridized carbons (Fsp3) is 0.630. The van der Waals surface area contributed by atoms with Crippen molar-refractivity contribution in [3.05, 3.63) is 60.2 Å². The van der Waals surface area contributed by atoms with Crippen LogP contribution in [0.4, 0.5) is 0 Å². The van der Waals surface area contributed by atoms with Crippen LogP contribution in [0.5, 0.6) is 0 Å². The Morgan fingerprint density at radius 2 is 0.881 bits per heavy atom. The van der Waals surface area contributed by atoms with Crippen molar-refractivity contribution in [2.24, 2.45) is 16.2 Å². The molecule has 59 heavy (non-hydrogen) atoms. The Morgan fingerprint density at radius 1 is 0.475 bits per heavy atom. The number of amides is 1. The minimum absolute atomic E-state index is 0.0302. The summed E-state index contributed by atoms with van der Waals surface area (Å²) in [6.07, 6.45) is 0.537. The summed E-state index contributed by atoms with van der Waals surface area (Å²) in [6.45, 7) is 17.0. The van der Waals surface area contributed by atoms with Crippen LogP contribution >= 0.6 is 0 Å². The minimum atomic E-state index is -1.22. The second kappa shape index (κ2) is 25.7. The van der Waals surface area contributed by atoms with E-state index in [1.54, 1.807) is 0 Å². The second-order valence-electron chi connectivity index (χ2n) is 17.7. The number of benzene rings is 2. The van der Waals surface area contributed by atoms with Gasteiger partial charge in [-0.1, -0.05) is 117 Å². The van der Waals surface area contributed by atoms with E-state index in [-0.39, 0.29) is 123 Å². The average Bonchev–Trinajstić information content (AvgIpc) is 3.17. The summed E-state index contributed by atoms with van der Waals surface area (Å²) >= 11 is 0. The van der Waals surface area contributed by atoms with Gasteiger partial charge in [0.1, 0.15) is 42.7 Å². The molecule has 330 valence electrons. The second-order valence-corrected chi connectivity index (χ2v) is 17.7. The van der Waals surface area contributed by atoms with Crippen molar-refractivity contribution in [1.82, 2.24) is 5.32 Å². The van der Waals surface area contributed by atoms with Gasteiger partial charge >= 0.3 is 5.97 Å². The summed E-state index contributed by atoms with van der Waals surface area (Å²) in [5, 5.41) is 2.95. The van der Waals surface area contributed by atoms with Gasteiger partial charge in [-0.15, -0.1) is 0 Å². The molecule has 1 N–H and O–H groups in total. The van der Waals surface area contributed by atoms with E-state index >= 15 is 0 Å². The zero-order valence-corrected chi connectivity index (χ0v) is 36.9. The van der Waals surface area contributed by atoms with Gasteiger partial charge in [-0.05, 0) is 16.7 Å². The highest BCUT2D eigenvalue weighted by atomic mass is 16.6. The number of ketones is 3. The quantitative estimate of drug-likeness (QED) is 0.0714. The molecule has 2 aromatic carbocycles. The summed E-state index contributed by atoms with van der Waals surface area (Å²) < 4.78 is 39.6. The summed E-state index contributed by atoms with van der Waals surface area (Å²) in [5.41, 5.74) is 0.255. The first-order valence-electron chi connectivity index (χ1n) is 20.4. The molecule has 1 amide bonds. The SMILES string of the molecule is CC(C)(C)C(=O)CCOCC(COCCC(=O)C(C)(C)C)(COCCC(=O)C(C)(C)C)NC(=O)COCCOCCOCC(=O)OCc1ccc(-c2ccccc2)cc1. The Bertz CT molecular complexity index is 1490. The number of ether oxygens (including phenoxy) is 7. The Balaban J connectivity index is 1.84. The first-order chi connectivity index (χ1) is 27.7. The molecule has 0 aliphatic carbocycles. The fourth-order valence-corrected chi connectivity index (χ4v) is 5.27. The van der Waals surface area contributed by atoms with Crippen molar-refractivity contribution in [2.75, 3.05) is 79.3 Å². The molecule has 0 atom stereocenters. The van der Waals surface area contributed by atoms with Crippen LogP contribution in [0.2, 0.25) is 0 Å². The molecular weight excluding hydrogens is 759 g/mol. The minimum Gasteiger partial charge on any atom is -0.459 e. The van der Waals surface area contributed by atoms with Crippen LogP contribution in [0.15, 0.2) is 54.6 Å². The molecule has 0 aromatic heterocycles. The van der Waals surface area contributed by atoms with E-state index in [1.165, 1.54) is 0 Å². The Hall–Kier alpha value is -3.85. The lowest BCUT2D eigenvalue weighted by molar-refractivity contribution is -0.150. The maximum Gasteiger partial charge on any atom is 0.332 e. The third kappa shape index (κ3) is 21.8. The Labute approximate surface area is 351 Å². The molecule has 0 unspecified atom stereocenters. The molecule has 0 saturated heterocycles. The van der Waals surface area contributed by atoms with Gasteiger partial charge in [-0.3, -0.25) is 19.2 Å². The van der Waals surface area contributed by atoms with E-state index < -0.39 is 33.7 Å². The van der Waals surface area contributed by atoms with Crippen LogP contribution in [0.1, 0.15) is 87.1 Å². The maximum atomic E-state index is 13.3. The zero-order valence-electron chi connectivity index (χ0n) is 36.9. The van der Waals surface area contributed by atoms with E-state index in [2.05, 4.69) is 5.32 Å². The lowest BCUT2D eigenvalue weighted by Crippen LogP contribution is -2.59. The van der Waals surface area contributed by atoms with Gasteiger partial charge in [-0.2, -0.15) is 0 Å². The number of hydrogen-bond donors (Lipinski definition) is 1. The van der Waals surface area contributed by atoms with Gasteiger partial charge in [-0.25, -0.2) is 4.79 Å². The summed E-state index contributed by atoms with van der Waals surface area (Å²) in [6, 6.07) is 17.8. The van der Waals surface area contributed by atoms with Crippen LogP contribution in [-0.4, -0.2) is 114 Å². The smallest absolute Gasteiger partial charge is 0.332 e. The van der Waals surface area contributed by atoms with E-state index in [0.717, 1.165) is 16.7 Å². The molecule has 0 aliphatic heterocycles. The maximum absolute atomic E-state index is 13.3. The Morgan fingerprint density at radius 3 is 1.32 bits per heavy atom. The van der Waals surface area contributed by atoms with E-state index in [0.29, 0.717) is 0 Å². The van der Waals surface area contributed by atoms with E-state index in [9.17, 15) is 24.0 Å². The molecule has 0 heterocycles. The molecule has 0 spiro atoms. The lowest BCUT2D eigenvalue weighted by atomic mass is 9.89. The molecule has 0 saturated carbocycles. The largest absolute Gasteiger partial charge is 0.459 e. The van der Waals surface area contributed by atoms with Gasteiger partial charge in [0.25, 0.3) is 0 Å². The van der Waals surface area contributed by atoms with Crippen LogP contribution < -0.4 is 5.32 Å². The fourth-order valence-electron chi connectivity index (χ4n) is 5.27. The highest BCUT2D eigenvalue weighted by molar-refractivity contribution is 5.84. The average molecular weight is 828 g/mol. The van der Waals surface area contributed by atoms with Crippen LogP contribution in [0, 0.1) is 16.2 Å². The van der Waals surface area contributed by atoms with Crippen molar-refractivity contribution in [2.45, 2.75) is 93.7 Å². The number of carbonyl (C=O) groups excluding carboxylic acids is 5. The zero-order chi connectivity index (χ0) is 44.0. The molecule has 13 heteroatoms. The van der Waals surface area contributed by atoms with Crippen molar-refractivity contribution in [3.63, 3.8) is 0 Å². The van der Waals surface area contributed by atoms with Gasteiger partial charge in [0.15, 0.2) is 0 Å². The third-order valence-electron chi connectivity index (χ3n) is 9.13. The molecule has 0 radical (unpaired) electrons. The summed E-state index contributed by atoms with van der Waals surface area (Å²) in [5.74, 6) is -0.871. The highest BCUT2D eigenvalue weighted by Gasteiger charge is 2.35. The highest BCUT2D eigenvalue weighted by Crippen LogP contribution is 2.21. The van der Waals surface area contributed by atoms with Gasteiger partial charge in [0.05, 0.1) is 66.1 Å². The van der Waals surface area contributed by atoms with Crippen molar-refractivity contribution < 1.29 is 57.1 Å². The van der Waals surface area contributed by atoms with Crippen molar-refractivity contribution in [3.8, 4) is 11.1 Å². The van der Waals surface area contributed by atoms with Crippen molar-refractivity contribution in [1.29, 1.82) is 0 Å². The van der Waals surface area contributed by atoms with Crippen LogP contribution in [0.3, 0.4) is 0 Å². The number of hydrogen-bond acceptors (Lipinski definition) is 12. The van der Waals surface area contributed by atoms with Crippen LogP contribution in [0.25, 0.3) is 11.1 Å². The molecule has 0 aliphatic rings. The number of Topliss-reactive ketones (excluding diaryl/α,β-unsaturated/α-hetero) is 3. The van der Waals surface area contributed by atoms with E-state index in [1.807, 2.05) is 117 Å². The lowest BCUT2D eigenvalue weighted by Gasteiger charge is -2.34. The predicted molar refractivity (Wildman–Crippen MR) is 225 cm³/mol.